The number of nitrogens with zero attached hydrogens (tertiary/aromatic N) is 1. The second-order valence-corrected chi connectivity index (χ2v) is 2.83. The zero-order valence-electron chi connectivity index (χ0n) is 7.08. The minimum atomic E-state index is -4.87. The van der Waals surface area contributed by atoms with E-state index in [-0.39, 0.29) is 11.3 Å². The van der Waals surface area contributed by atoms with E-state index in [0.29, 0.717) is 0 Å². The van der Waals surface area contributed by atoms with Crippen LogP contribution in [0.5, 0.6) is 0 Å². The molecule has 1 aromatic heterocycles. The molecule has 2 N–H and O–H groups in total. The molecule has 0 aromatic carbocycles. The van der Waals surface area contributed by atoms with Crippen molar-refractivity contribution in [1.82, 2.24) is 4.98 Å². The Morgan fingerprint density at radius 1 is 1.43 bits per heavy atom. The quantitative estimate of drug-likeness (QED) is 0.748. The number of halogens is 3. The molecular weight excluding hydrogens is 196 g/mol. The maximum Gasteiger partial charge on any atom is 0.482 e. The second-order valence-electron chi connectivity index (χ2n) is 2.83. The predicted octanol–water partition coefficient (Wildman–Crippen LogP) is 1.11. The normalized spacial score (nSPS) is 11.4. The van der Waals surface area contributed by atoms with Crippen molar-refractivity contribution in [3.63, 3.8) is 0 Å². The number of hydrogen-bond acceptors (Lipinski definition) is 2. The van der Waals surface area contributed by atoms with Crippen LogP contribution >= 0.6 is 0 Å². The molecule has 3 nitrogen and oxygen atoms in total. The molecule has 0 radical (unpaired) electrons. The number of hydrogen-bond donors (Lipinski definition) is 1. The third kappa shape index (κ3) is 3.08. The first-order valence-electron chi connectivity index (χ1n) is 3.84. The summed E-state index contributed by atoms with van der Waals surface area (Å²) in [5.41, 5.74) is 4.86. The van der Waals surface area contributed by atoms with E-state index in [1.165, 1.54) is 12.1 Å². The number of primary amides is 1. The van der Waals surface area contributed by atoms with Crippen LogP contribution in [0.3, 0.4) is 0 Å². The predicted molar refractivity (Wildman–Crippen MR) is 45.5 cm³/mol. The van der Waals surface area contributed by atoms with Crippen molar-refractivity contribution in [1.29, 1.82) is 0 Å². The average Bonchev–Trinajstić information content (AvgIpc) is 2.02. The van der Waals surface area contributed by atoms with Crippen molar-refractivity contribution in [2.45, 2.75) is 6.32 Å². The maximum atomic E-state index is 11.9. The largest absolute Gasteiger partial charge is 0.482 e. The Kier molecular flexibility index (Phi) is 2.78. The molecule has 0 saturated heterocycles. The van der Waals surface area contributed by atoms with E-state index in [2.05, 4.69) is 4.98 Å². The highest BCUT2D eigenvalue weighted by molar-refractivity contribution is 6.57. The van der Waals surface area contributed by atoms with Gasteiger partial charge < -0.3 is 18.7 Å². The Labute approximate surface area is 78.2 Å². The monoisotopic (exact) mass is 203 g/mol. The van der Waals surface area contributed by atoms with Crippen LogP contribution in [-0.4, -0.2) is 17.9 Å². The van der Waals surface area contributed by atoms with Crippen molar-refractivity contribution in [3.05, 3.63) is 29.6 Å². The van der Waals surface area contributed by atoms with Crippen molar-refractivity contribution >= 4 is 12.9 Å². The number of aromatic nitrogens is 1. The van der Waals surface area contributed by atoms with E-state index in [1.807, 2.05) is 0 Å². The van der Waals surface area contributed by atoms with Crippen LogP contribution < -0.4 is 5.73 Å². The van der Waals surface area contributed by atoms with Gasteiger partial charge in [0, 0.05) is 6.20 Å². The Morgan fingerprint density at radius 3 is 2.43 bits per heavy atom. The molecule has 0 saturated carbocycles. The molecular formula is C7H7BF3N2O-. The lowest BCUT2D eigenvalue weighted by atomic mass is 9.82. The molecule has 7 heteroatoms. The molecule has 0 unspecified atom stereocenters. The van der Waals surface area contributed by atoms with Gasteiger partial charge in [-0.15, -0.1) is 0 Å². The zero-order valence-corrected chi connectivity index (χ0v) is 7.08. The highest BCUT2D eigenvalue weighted by Crippen LogP contribution is 2.15. The van der Waals surface area contributed by atoms with Gasteiger partial charge >= 0.3 is 6.98 Å². The topological polar surface area (TPSA) is 56.0 Å². The molecule has 0 aliphatic carbocycles. The molecule has 0 fully saturated rings. The van der Waals surface area contributed by atoms with Crippen molar-refractivity contribution in [2.75, 3.05) is 0 Å². The lowest BCUT2D eigenvalue weighted by Gasteiger charge is -2.12. The highest BCUT2D eigenvalue weighted by atomic mass is 19.4. The van der Waals surface area contributed by atoms with E-state index in [4.69, 9.17) is 5.73 Å². The van der Waals surface area contributed by atoms with Gasteiger partial charge in [0.25, 0.3) is 5.91 Å². The molecule has 1 rings (SSSR count). The third-order valence-corrected chi connectivity index (χ3v) is 1.54. The molecule has 76 valence electrons. The number of carbonyl (C=O) groups excluding carboxylic acids is 1. The lowest BCUT2D eigenvalue weighted by Crippen LogP contribution is -2.20. The zero-order chi connectivity index (χ0) is 10.8. The van der Waals surface area contributed by atoms with Crippen LogP contribution in [0.15, 0.2) is 18.3 Å². The first kappa shape index (κ1) is 10.6. The van der Waals surface area contributed by atoms with Crippen molar-refractivity contribution in [3.8, 4) is 0 Å². The first-order valence-corrected chi connectivity index (χ1v) is 3.84. The Hall–Kier alpha value is -1.53. The summed E-state index contributed by atoms with van der Waals surface area (Å²) in [5.74, 6) is -0.755. The SMILES string of the molecule is NC(=O)c1ccc(C[B-](F)(F)F)cn1. The van der Waals surface area contributed by atoms with Crippen molar-refractivity contribution in [2.24, 2.45) is 5.73 Å². The summed E-state index contributed by atoms with van der Waals surface area (Å²) >= 11 is 0. The molecule has 0 bridgehead atoms. The van der Waals surface area contributed by atoms with E-state index in [0.717, 1.165) is 6.20 Å². The molecule has 1 aromatic rings. The molecule has 0 aliphatic rings. The van der Waals surface area contributed by atoms with Gasteiger partial charge in [0.2, 0.25) is 0 Å². The minimum Gasteiger partial charge on any atom is -0.449 e. The summed E-state index contributed by atoms with van der Waals surface area (Å²) in [6, 6.07) is 2.38. The lowest BCUT2D eigenvalue weighted by molar-refractivity contribution is 0.0995. The second kappa shape index (κ2) is 3.69. The van der Waals surface area contributed by atoms with Gasteiger partial charge in [-0.25, -0.2) is 0 Å². The Morgan fingerprint density at radius 2 is 2.07 bits per heavy atom. The molecule has 1 amide bonds. The van der Waals surface area contributed by atoms with E-state index < -0.39 is 19.2 Å². The summed E-state index contributed by atoms with van der Waals surface area (Å²) in [7, 11) is 0. The summed E-state index contributed by atoms with van der Waals surface area (Å²) in [6.45, 7) is -4.87. The van der Waals surface area contributed by atoms with E-state index in [9.17, 15) is 17.7 Å². The van der Waals surface area contributed by atoms with Gasteiger partial charge in [-0.1, -0.05) is 17.9 Å². The smallest absolute Gasteiger partial charge is 0.449 e. The van der Waals surface area contributed by atoms with Crippen LogP contribution in [0.2, 0.25) is 0 Å². The van der Waals surface area contributed by atoms with Crippen LogP contribution in [0.4, 0.5) is 12.9 Å². The first-order chi connectivity index (χ1) is 6.38. The third-order valence-electron chi connectivity index (χ3n) is 1.54. The van der Waals surface area contributed by atoms with Crippen LogP contribution in [0, 0.1) is 0 Å². The average molecular weight is 203 g/mol. The molecule has 0 spiro atoms. The van der Waals surface area contributed by atoms with Gasteiger partial charge in [-0.3, -0.25) is 9.78 Å². The number of rotatable bonds is 3. The fourth-order valence-electron chi connectivity index (χ4n) is 0.958. The van der Waals surface area contributed by atoms with Crippen molar-refractivity contribution < 1.29 is 17.7 Å². The fourth-order valence-corrected chi connectivity index (χ4v) is 0.958. The highest BCUT2D eigenvalue weighted by Gasteiger charge is 2.23. The minimum absolute atomic E-state index is 0.0301. The van der Waals surface area contributed by atoms with Gasteiger partial charge in [0.1, 0.15) is 5.69 Å². The van der Waals surface area contributed by atoms with Crippen LogP contribution in [0.25, 0.3) is 0 Å². The summed E-state index contributed by atoms with van der Waals surface area (Å²) < 4.78 is 35.8. The Bertz CT molecular complexity index is 336. The van der Waals surface area contributed by atoms with Gasteiger partial charge in [-0.2, -0.15) is 0 Å². The van der Waals surface area contributed by atoms with Crippen LogP contribution in [0.1, 0.15) is 16.1 Å². The molecule has 14 heavy (non-hydrogen) atoms. The summed E-state index contributed by atoms with van der Waals surface area (Å²) in [4.78, 5) is 14.0. The number of pyridine rings is 1. The van der Waals surface area contributed by atoms with Gasteiger partial charge in [0.15, 0.2) is 0 Å². The van der Waals surface area contributed by atoms with E-state index >= 15 is 0 Å². The molecule has 0 aliphatic heterocycles. The summed E-state index contributed by atoms with van der Waals surface area (Å²) in [5, 5.41) is 0. The molecule has 1 heterocycles. The number of amides is 1. The maximum absolute atomic E-state index is 11.9. The summed E-state index contributed by atoms with van der Waals surface area (Å²) in [6.07, 6.45) is 0.0153. The fraction of sp³-hybridized carbons (Fsp3) is 0.143. The van der Waals surface area contributed by atoms with E-state index in [1.54, 1.807) is 0 Å². The number of carbonyl (C=O) groups is 1. The number of nitrogens with two attached hydrogens (primary N) is 1. The van der Waals surface area contributed by atoms with Gasteiger partial charge in [-0.05, 0) is 6.07 Å². The Balaban J connectivity index is 2.79. The van der Waals surface area contributed by atoms with Crippen LogP contribution in [-0.2, 0) is 6.32 Å². The standard InChI is InChI=1S/C7H7BF3N2O/c9-8(10,11)3-5-1-2-6(7(12)14)13-4-5/h1-2,4H,3H2,(H2,12,14)/q-1. The van der Waals surface area contributed by atoms with Gasteiger partial charge in [0.05, 0.1) is 0 Å². The molecule has 0 atom stereocenters.